The maximum atomic E-state index is 12.7. The molecule has 2 rings (SSSR count). The summed E-state index contributed by atoms with van der Waals surface area (Å²) in [6.07, 6.45) is 5.72. The van der Waals surface area contributed by atoms with Gasteiger partial charge in [-0.25, -0.2) is 0 Å². The minimum absolute atomic E-state index is 0. The molecule has 8 heteroatoms. The van der Waals surface area contributed by atoms with E-state index in [1.165, 1.54) is 19.3 Å². The van der Waals surface area contributed by atoms with Crippen molar-refractivity contribution in [3.8, 4) is 0 Å². The Labute approximate surface area is 174 Å². The van der Waals surface area contributed by atoms with Crippen LogP contribution in [0.15, 0.2) is 18.2 Å². The van der Waals surface area contributed by atoms with Crippen molar-refractivity contribution < 1.29 is 20.2 Å². The number of nitrogens with two attached hydrogens (primary N) is 1. The van der Waals surface area contributed by atoms with Crippen molar-refractivity contribution in [2.24, 2.45) is 5.73 Å². The third-order valence-corrected chi connectivity index (χ3v) is 4.62. The number of carboxylic acids is 1. The monoisotopic (exact) mass is 417 g/mol. The first-order chi connectivity index (χ1) is 12.4. The number of likely N-dealkylation sites (tertiary alicyclic amines) is 1. The summed E-state index contributed by atoms with van der Waals surface area (Å²) < 4.78 is 0. The number of nitrogens with one attached hydrogen (secondary N) is 1. The van der Waals surface area contributed by atoms with Gasteiger partial charge in [-0.2, -0.15) is 0 Å². The number of aliphatic carboxylic acids is 1. The van der Waals surface area contributed by atoms with Gasteiger partial charge in [0.15, 0.2) is 0 Å². The molecule has 0 spiro atoms. The fraction of sp³-hybridized carbons (Fsp3) is 0.600. The molecule has 0 aromatic heterocycles. The van der Waals surface area contributed by atoms with Crippen molar-refractivity contribution >= 4 is 30.0 Å². The first-order valence-electron chi connectivity index (χ1n) is 9.43. The van der Waals surface area contributed by atoms with Gasteiger partial charge in [0.1, 0.15) is 0 Å². The predicted octanol–water partition coefficient (Wildman–Crippen LogP) is 2.52. The number of halogens is 1. The highest BCUT2D eigenvalue weighted by Crippen LogP contribution is 2.23. The summed E-state index contributed by atoms with van der Waals surface area (Å²) in [5, 5.41) is 10.8. The van der Waals surface area contributed by atoms with Crippen molar-refractivity contribution in [2.45, 2.75) is 58.9 Å². The molecular formula is C20H36ClN3O4. The fourth-order valence-electron chi connectivity index (χ4n) is 3.13. The zero-order valence-electron chi connectivity index (χ0n) is 17.2. The summed E-state index contributed by atoms with van der Waals surface area (Å²) in [4.78, 5) is 24.3. The van der Waals surface area contributed by atoms with Crippen LogP contribution >= 0.6 is 12.4 Å². The maximum absolute atomic E-state index is 12.7. The van der Waals surface area contributed by atoms with Gasteiger partial charge < -0.3 is 21.6 Å². The lowest BCUT2D eigenvalue weighted by molar-refractivity contribution is -0.135. The van der Waals surface area contributed by atoms with Crippen molar-refractivity contribution in [3.63, 3.8) is 0 Å². The van der Waals surface area contributed by atoms with Crippen molar-refractivity contribution in [3.05, 3.63) is 29.3 Å². The van der Waals surface area contributed by atoms with Crippen LogP contribution in [-0.2, 0) is 9.59 Å². The second-order valence-electron chi connectivity index (χ2n) is 6.76. The van der Waals surface area contributed by atoms with E-state index in [0.29, 0.717) is 0 Å². The molecule has 1 aromatic carbocycles. The molecular weight excluding hydrogens is 382 g/mol. The fourth-order valence-corrected chi connectivity index (χ4v) is 3.13. The molecule has 1 heterocycles. The van der Waals surface area contributed by atoms with Gasteiger partial charge in [0, 0.05) is 5.69 Å². The van der Waals surface area contributed by atoms with Crippen LogP contribution in [0.5, 0.6) is 0 Å². The Balaban J connectivity index is 0. The number of piperidine rings is 1. The Bertz CT molecular complexity index is 579. The Morgan fingerprint density at radius 2 is 1.82 bits per heavy atom. The van der Waals surface area contributed by atoms with Gasteiger partial charge in [0.2, 0.25) is 5.91 Å². The smallest absolute Gasteiger partial charge is 0.317 e. The number of carboxylic acid groups (broad SMARTS) is 1. The number of anilines is 1. The van der Waals surface area contributed by atoms with Gasteiger partial charge in [-0.05, 0) is 57.3 Å². The van der Waals surface area contributed by atoms with Crippen LogP contribution in [-0.4, -0.2) is 53.0 Å². The van der Waals surface area contributed by atoms with E-state index >= 15 is 0 Å². The van der Waals surface area contributed by atoms with Crippen LogP contribution in [0.4, 0.5) is 5.69 Å². The first kappa shape index (κ1) is 28.5. The molecule has 1 saturated heterocycles. The average Bonchev–Trinajstić information content (AvgIpc) is 2.63. The van der Waals surface area contributed by atoms with Gasteiger partial charge in [-0.1, -0.05) is 38.0 Å². The minimum Gasteiger partial charge on any atom is -0.480 e. The molecule has 1 amide bonds. The molecule has 28 heavy (non-hydrogen) atoms. The van der Waals surface area contributed by atoms with Gasteiger partial charge >= 0.3 is 5.97 Å². The van der Waals surface area contributed by atoms with E-state index in [2.05, 4.69) is 48.9 Å². The molecule has 0 radical (unpaired) electrons. The van der Waals surface area contributed by atoms with Crippen LogP contribution in [0.1, 0.15) is 50.2 Å². The molecule has 6 N–H and O–H groups in total. The molecule has 1 fully saturated rings. The summed E-state index contributed by atoms with van der Waals surface area (Å²) in [5.41, 5.74) is 7.84. The largest absolute Gasteiger partial charge is 0.480 e. The lowest BCUT2D eigenvalue weighted by atomic mass is 10.00. The summed E-state index contributed by atoms with van der Waals surface area (Å²) in [6, 6.07) is 6.19. The molecule has 0 saturated carbocycles. The van der Waals surface area contributed by atoms with E-state index < -0.39 is 5.97 Å². The standard InChI is InChI=1S/C18H28N2O.C2H5NO2.ClH.H2O/c1-4-5-12-20-13-7-6-11-16(20)18(21)19-17-14(2)9-8-10-15(17)3;3-1-2(4)5;;/h8-10,16H,4-7,11-13H2,1-3H3,(H,19,21);1,3H2,(H,4,5);1H;1H2. The van der Waals surface area contributed by atoms with Crippen LogP contribution in [0.3, 0.4) is 0 Å². The van der Waals surface area contributed by atoms with Crippen LogP contribution < -0.4 is 11.1 Å². The lowest BCUT2D eigenvalue weighted by Crippen LogP contribution is -2.47. The van der Waals surface area contributed by atoms with Crippen molar-refractivity contribution in [2.75, 3.05) is 25.0 Å². The van der Waals surface area contributed by atoms with E-state index in [0.717, 1.165) is 42.7 Å². The first-order valence-corrected chi connectivity index (χ1v) is 9.43. The highest BCUT2D eigenvalue weighted by molar-refractivity contribution is 5.96. The molecule has 7 nitrogen and oxygen atoms in total. The Kier molecular flexibility index (Phi) is 15.6. The number of hydrogen-bond acceptors (Lipinski definition) is 4. The van der Waals surface area contributed by atoms with Gasteiger partial charge in [0.05, 0.1) is 12.6 Å². The topological polar surface area (TPSA) is 127 Å². The van der Waals surface area contributed by atoms with Crippen molar-refractivity contribution in [1.82, 2.24) is 4.90 Å². The summed E-state index contributed by atoms with van der Waals surface area (Å²) in [7, 11) is 0. The molecule has 1 unspecified atom stereocenters. The number of hydrogen-bond donors (Lipinski definition) is 3. The average molecular weight is 418 g/mol. The third-order valence-electron chi connectivity index (χ3n) is 4.62. The van der Waals surface area contributed by atoms with Gasteiger partial charge in [-0.15, -0.1) is 12.4 Å². The molecule has 1 aliphatic heterocycles. The highest BCUT2D eigenvalue weighted by atomic mass is 35.5. The molecule has 1 aromatic rings. The highest BCUT2D eigenvalue weighted by Gasteiger charge is 2.28. The summed E-state index contributed by atoms with van der Waals surface area (Å²) >= 11 is 0. The van der Waals surface area contributed by atoms with Crippen LogP contribution in [0.25, 0.3) is 0 Å². The zero-order chi connectivity index (χ0) is 19.5. The number of aryl methyl sites for hydroxylation is 2. The summed E-state index contributed by atoms with van der Waals surface area (Å²) in [6.45, 7) is 8.14. The second kappa shape index (κ2) is 15.3. The number of carbonyl (C=O) groups excluding carboxylic acids is 1. The lowest BCUT2D eigenvalue weighted by Gasteiger charge is -2.34. The number of rotatable bonds is 6. The summed E-state index contributed by atoms with van der Waals surface area (Å²) in [5.74, 6) is -0.798. The minimum atomic E-state index is -0.968. The van der Waals surface area contributed by atoms with E-state index in [4.69, 9.17) is 5.11 Å². The molecule has 0 bridgehead atoms. The van der Waals surface area contributed by atoms with Gasteiger partial charge in [0.25, 0.3) is 0 Å². The Morgan fingerprint density at radius 1 is 1.25 bits per heavy atom. The Morgan fingerprint density at radius 3 is 2.32 bits per heavy atom. The molecule has 1 aliphatic rings. The maximum Gasteiger partial charge on any atom is 0.317 e. The third kappa shape index (κ3) is 9.50. The Hall–Kier alpha value is -1.67. The van der Waals surface area contributed by atoms with E-state index in [1.54, 1.807) is 0 Å². The number of amides is 1. The van der Waals surface area contributed by atoms with Gasteiger partial charge in [-0.3, -0.25) is 14.5 Å². The van der Waals surface area contributed by atoms with E-state index in [1.807, 2.05) is 6.07 Å². The van der Waals surface area contributed by atoms with Crippen LogP contribution in [0, 0.1) is 13.8 Å². The quantitative estimate of drug-likeness (QED) is 0.655. The number of unbranched alkanes of at least 4 members (excludes halogenated alkanes) is 1. The molecule has 162 valence electrons. The SMILES string of the molecule is CCCCN1CCCCC1C(=O)Nc1c(C)cccc1C.Cl.NCC(=O)O.O. The predicted molar refractivity (Wildman–Crippen MR) is 116 cm³/mol. The number of nitrogens with zero attached hydrogens (tertiary/aromatic N) is 1. The van der Waals surface area contributed by atoms with Crippen molar-refractivity contribution in [1.29, 1.82) is 0 Å². The normalized spacial score (nSPS) is 15.9. The molecule has 1 atom stereocenters. The molecule has 0 aliphatic carbocycles. The number of carbonyl (C=O) groups is 2. The number of benzene rings is 1. The zero-order valence-corrected chi connectivity index (χ0v) is 18.0. The van der Waals surface area contributed by atoms with Crippen LogP contribution in [0.2, 0.25) is 0 Å². The van der Waals surface area contributed by atoms with E-state index in [-0.39, 0.29) is 36.4 Å². The number of para-hydroxylation sites is 1. The van der Waals surface area contributed by atoms with E-state index in [9.17, 15) is 9.59 Å². The second-order valence-corrected chi connectivity index (χ2v) is 6.76.